The molecule has 1 N–H and O–H groups in total. The van der Waals surface area contributed by atoms with Crippen molar-refractivity contribution in [1.29, 1.82) is 0 Å². The number of rotatable bonds is 6. The number of benzene rings is 1. The summed E-state index contributed by atoms with van der Waals surface area (Å²) in [5.74, 6) is -0.503. The minimum absolute atomic E-state index is 0.0380. The van der Waals surface area contributed by atoms with Gasteiger partial charge in [-0.2, -0.15) is 0 Å². The third kappa shape index (κ3) is 5.01. The van der Waals surface area contributed by atoms with Crippen LogP contribution in [0.2, 0.25) is 5.02 Å². The molecule has 0 unspecified atom stereocenters. The highest BCUT2D eigenvalue weighted by Gasteiger charge is 2.25. The van der Waals surface area contributed by atoms with Crippen LogP contribution in [0.4, 0.5) is 5.13 Å². The van der Waals surface area contributed by atoms with Crippen LogP contribution in [-0.4, -0.2) is 47.5 Å². The van der Waals surface area contributed by atoms with Gasteiger partial charge in [-0.15, -0.1) is 11.3 Å². The monoisotopic (exact) mass is 379 g/mol. The van der Waals surface area contributed by atoms with Gasteiger partial charge in [-0.25, -0.2) is 4.98 Å². The van der Waals surface area contributed by atoms with Crippen LogP contribution >= 0.6 is 22.9 Å². The lowest BCUT2D eigenvalue weighted by Gasteiger charge is -2.25. The fourth-order valence-corrected chi connectivity index (χ4v) is 3.32. The Hall–Kier alpha value is -1.96. The summed E-state index contributed by atoms with van der Waals surface area (Å²) in [6, 6.07) is 6.64. The molecule has 2 heterocycles. The van der Waals surface area contributed by atoms with Crippen molar-refractivity contribution in [2.75, 3.05) is 25.0 Å². The van der Waals surface area contributed by atoms with Crippen LogP contribution in [-0.2, 0) is 9.53 Å². The molecule has 8 heteroatoms. The van der Waals surface area contributed by atoms with Crippen molar-refractivity contribution in [3.05, 3.63) is 46.4 Å². The first-order chi connectivity index (χ1) is 12.1. The van der Waals surface area contributed by atoms with Gasteiger partial charge in [0.25, 0.3) is 5.91 Å². The summed E-state index contributed by atoms with van der Waals surface area (Å²) in [5.41, 5.74) is 0.490. The summed E-state index contributed by atoms with van der Waals surface area (Å²) in [5, 5.41) is 5.56. The predicted octanol–water partition coefficient (Wildman–Crippen LogP) is 3.06. The van der Waals surface area contributed by atoms with Gasteiger partial charge in [0.2, 0.25) is 5.91 Å². The fourth-order valence-electron chi connectivity index (χ4n) is 2.65. The minimum atomic E-state index is -0.282. The zero-order chi connectivity index (χ0) is 17.6. The molecule has 0 spiro atoms. The number of nitrogens with one attached hydrogen (secondary N) is 1. The molecule has 0 aliphatic carbocycles. The number of ether oxygens (including phenoxy) is 1. The molecule has 1 aliphatic heterocycles. The number of halogens is 1. The number of aromatic nitrogens is 1. The molecule has 25 heavy (non-hydrogen) atoms. The Bertz CT molecular complexity index is 715. The summed E-state index contributed by atoms with van der Waals surface area (Å²) in [4.78, 5) is 30.6. The van der Waals surface area contributed by atoms with Crippen LogP contribution in [0.1, 0.15) is 23.2 Å². The maximum atomic E-state index is 12.8. The van der Waals surface area contributed by atoms with Crippen molar-refractivity contribution in [2.24, 2.45) is 0 Å². The summed E-state index contributed by atoms with van der Waals surface area (Å²) in [7, 11) is 0. The Morgan fingerprint density at radius 2 is 2.16 bits per heavy atom. The van der Waals surface area contributed by atoms with Crippen molar-refractivity contribution < 1.29 is 14.3 Å². The molecule has 1 aromatic carbocycles. The number of anilines is 1. The lowest BCUT2D eigenvalue weighted by molar-refractivity contribution is -0.117. The Kier molecular flexibility index (Phi) is 6.01. The topological polar surface area (TPSA) is 71.5 Å². The first-order valence-electron chi connectivity index (χ1n) is 7.97. The van der Waals surface area contributed by atoms with Gasteiger partial charge < -0.3 is 15.0 Å². The molecule has 1 fully saturated rings. The Morgan fingerprint density at radius 3 is 2.80 bits per heavy atom. The third-order valence-corrected chi connectivity index (χ3v) is 4.78. The number of carbonyl (C=O) groups is 2. The molecule has 1 aliphatic rings. The molecule has 2 amide bonds. The molecule has 2 aromatic rings. The van der Waals surface area contributed by atoms with Gasteiger partial charge in [0, 0.05) is 35.3 Å². The van der Waals surface area contributed by atoms with Gasteiger partial charge in [-0.1, -0.05) is 11.6 Å². The largest absolute Gasteiger partial charge is 0.376 e. The van der Waals surface area contributed by atoms with Crippen molar-refractivity contribution in [3.63, 3.8) is 0 Å². The highest BCUT2D eigenvalue weighted by atomic mass is 35.5. The quantitative estimate of drug-likeness (QED) is 0.837. The van der Waals surface area contributed by atoms with Crippen molar-refractivity contribution in [3.8, 4) is 0 Å². The van der Waals surface area contributed by atoms with Gasteiger partial charge in [0.1, 0.15) is 6.54 Å². The maximum absolute atomic E-state index is 12.8. The van der Waals surface area contributed by atoms with Crippen LogP contribution in [0.5, 0.6) is 0 Å². The van der Waals surface area contributed by atoms with E-state index in [0.29, 0.717) is 28.9 Å². The number of carbonyl (C=O) groups excluding carboxylic acids is 2. The van der Waals surface area contributed by atoms with Crippen LogP contribution in [0.15, 0.2) is 35.8 Å². The highest BCUT2D eigenvalue weighted by molar-refractivity contribution is 7.13. The normalized spacial score (nSPS) is 16.6. The zero-order valence-electron chi connectivity index (χ0n) is 13.5. The molecule has 132 valence electrons. The average Bonchev–Trinajstić information content (AvgIpc) is 3.28. The van der Waals surface area contributed by atoms with Gasteiger partial charge in [0.05, 0.1) is 6.10 Å². The predicted molar refractivity (Wildman–Crippen MR) is 97.1 cm³/mol. The Labute approximate surface area is 154 Å². The number of nitrogens with zero attached hydrogens (tertiary/aromatic N) is 2. The fraction of sp³-hybridized carbons (Fsp3) is 0.353. The first-order valence-corrected chi connectivity index (χ1v) is 9.23. The Balaban J connectivity index is 1.70. The van der Waals surface area contributed by atoms with Gasteiger partial charge in [-0.05, 0) is 37.1 Å². The molecule has 3 rings (SSSR count). The standard InChI is InChI=1S/C17H18ClN3O3S/c18-13-5-3-12(4-6-13)16(23)21(10-14-2-1-8-24-14)11-15(22)20-17-19-7-9-25-17/h3-7,9,14H,1-2,8,10-11H2,(H,19,20,22)/t14-/m0/s1. The van der Waals surface area contributed by atoms with Gasteiger partial charge >= 0.3 is 0 Å². The molecular formula is C17H18ClN3O3S. The van der Waals surface area contributed by atoms with E-state index in [1.165, 1.54) is 16.2 Å². The van der Waals surface area contributed by atoms with E-state index in [0.717, 1.165) is 12.8 Å². The third-order valence-electron chi connectivity index (χ3n) is 3.84. The van der Waals surface area contributed by atoms with E-state index < -0.39 is 0 Å². The van der Waals surface area contributed by atoms with Gasteiger partial charge in [-0.3, -0.25) is 9.59 Å². The summed E-state index contributed by atoms with van der Waals surface area (Å²) in [6.45, 7) is 1.02. The smallest absolute Gasteiger partial charge is 0.254 e. The SMILES string of the molecule is O=C(CN(C[C@@H]1CCCO1)C(=O)c1ccc(Cl)cc1)Nc1nccs1. The minimum Gasteiger partial charge on any atom is -0.376 e. The molecule has 1 aromatic heterocycles. The zero-order valence-corrected chi connectivity index (χ0v) is 15.1. The maximum Gasteiger partial charge on any atom is 0.254 e. The van der Waals surface area contributed by atoms with Crippen molar-refractivity contribution >= 4 is 39.9 Å². The van der Waals surface area contributed by atoms with E-state index in [2.05, 4.69) is 10.3 Å². The van der Waals surface area contributed by atoms with Crippen molar-refractivity contribution in [2.45, 2.75) is 18.9 Å². The summed E-state index contributed by atoms with van der Waals surface area (Å²) in [6.07, 6.45) is 3.43. The number of hydrogen-bond acceptors (Lipinski definition) is 5. The van der Waals surface area contributed by atoms with E-state index in [-0.39, 0.29) is 24.5 Å². The molecule has 1 saturated heterocycles. The second-order valence-electron chi connectivity index (χ2n) is 5.71. The molecular weight excluding hydrogens is 362 g/mol. The lowest BCUT2D eigenvalue weighted by atomic mass is 10.1. The van der Waals surface area contributed by atoms with Crippen LogP contribution in [0.3, 0.4) is 0 Å². The molecule has 0 bridgehead atoms. The van der Waals surface area contributed by atoms with Crippen molar-refractivity contribution in [1.82, 2.24) is 9.88 Å². The van der Waals surface area contributed by atoms with E-state index >= 15 is 0 Å². The summed E-state index contributed by atoms with van der Waals surface area (Å²) < 4.78 is 5.62. The number of thiazole rings is 1. The van der Waals surface area contributed by atoms with Gasteiger partial charge in [0.15, 0.2) is 5.13 Å². The van der Waals surface area contributed by atoms with Crippen LogP contribution < -0.4 is 5.32 Å². The van der Waals surface area contributed by atoms with Crippen LogP contribution in [0, 0.1) is 0 Å². The number of hydrogen-bond donors (Lipinski definition) is 1. The lowest BCUT2D eigenvalue weighted by Crippen LogP contribution is -2.42. The molecule has 0 saturated carbocycles. The molecule has 6 nitrogen and oxygen atoms in total. The van der Waals surface area contributed by atoms with E-state index in [1.54, 1.807) is 35.8 Å². The van der Waals surface area contributed by atoms with Crippen LogP contribution in [0.25, 0.3) is 0 Å². The van der Waals surface area contributed by atoms with E-state index in [4.69, 9.17) is 16.3 Å². The second-order valence-corrected chi connectivity index (χ2v) is 7.04. The van der Waals surface area contributed by atoms with E-state index in [9.17, 15) is 9.59 Å². The molecule has 0 radical (unpaired) electrons. The van der Waals surface area contributed by atoms with E-state index in [1.807, 2.05) is 0 Å². The first kappa shape index (κ1) is 17.8. The second kappa shape index (κ2) is 8.42. The number of amides is 2. The average molecular weight is 380 g/mol. The Morgan fingerprint density at radius 1 is 1.36 bits per heavy atom. The highest BCUT2D eigenvalue weighted by Crippen LogP contribution is 2.17. The molecule has 1 atom stereocenters. The summed E-state index contributed by atoms with van der Waals surface area (Å²) >= 11 is 7.21.